The fraction of sp³-hybridized carbons (Fsp3) is 0.471. The van der Waals surface area contributed by atoms with Gasteiger partial charge in [0.25, 0.3) is 0 Å². The molecule has 1 heterocycles. The van der Waals surface area contributed by atoms with Crippen molar-refractivity contribution in [2.24, 2.45) is 0 Å². The zero-order valence-corrected chi connectivity index (χ0v) is 12.3. The van der Waals surface area contributed by atoms with Gasteiger partial charge in [-0.2, -0.15) is 0 Å². The first kappa shape index (κ1) is 14.8. The second-order valence-electron chi connectivity index (χ2n) is 5.71. The van der Waals surface area contributed by atoms with Gasteiger partial charge >= 0.3 is 0 Å². The molecule has 1 aliphatic heterocycles. The molecule has 3 nitrogen and oxygen atoms in total. The van der Waals surface area contributed by atoms with Gasteiger partial charge in [-0.1, -0.05) is 36.4 Å². The molecule has 110 valence electrons. The Morgan fingerprint density at radius 3 is 2.45 bits per heavy atom. The third kappa shape index (κ3) is 4.82. The van der Waals surface area contributed by atoms with Crippen molar-refractivity contribution in [3.8, 4) is 0 Å². The maximum Gasteiger partial charge on any atom is 0.234 e. The predicted molar refractivity (Wildman–Crippen MR) is 84.6 cm³/mol. The molecule has 1 saturated heterocycles. The van der Waals surface area contributed by atoms with Crippen LogP contribution >= 0.6 is 0 Å². The monoisotopic (exact) mass is 274 g/mol. The summed E-state index contributed by atoms with van der Waals surface area (Å²) in [4.78, 5) is 14.0. The number of hydrogen-bond donors (Lipinski definition) is 1. The molecule has 1 fully saturated rings. The third-order valence-electron chi connectivity index (χ3n) is 3.58. The Kier molecular flexibility index (Phi) is 5.36. The van der Waals surface area contributed by atoms with E-state index in [0.29, 0.717) is 13.1 Å². The lowest BCUT2D eigenvalue weighted by molar-refractivity contribution is -0.122. The number of carbonyl (C=O) groups is 1. The molecule has 0 unspecified atom stereocenters. The molecular weight excluding hydrogens is 248 g/mol. The summed E-state index contributed by atoms with van der Waals surface area (Å²) in [5.74, 6) is 0.123. The Morgan fingerprint density at radius 2 is 1.85 bits per heavy atom. The maximum absolute atomic E-state index is 11.8. The van der Waals surface area contributed by atoms with Crippen LogP contribution in [0.5, 0.6) is 0 Å². The van der Waals surface area contributed by atoms with E-state index in [2.05, 4.69) is 41.1 Å². The first-order chi connectivity index (χ1) is 9.63. The Morgan fingerprint density at radius 1 is 1.25 bits per heavy atom. The van der Waals surface area contributed by atoms with E-state index in [9.17, 15) is 4.79 Å². The molecule has 3 heteroatoms. The summed E-state index contributed by atoms with van der Waals surface area (Å²) >= 11 is 0. The van der Waals surface area contributed by atoms with Crippen LogP contribution in [0.4, 0.5) is 0 Å². The molecule has 0 saturated carbocycles. The van der Waals surface area contributed by atoms with Crippen LogP contribution in [0.2, 0.25) is 0 Å². The van der Waals surface area contributed by atoms with Crippen molar-refractivity contribution >= 4 is 5.91 Å². The fourth-order valence-corrected chi connectivity index (χ4v) is 2.52. The molecule has 1 aromatic carbocycles. The number of hydrogen-bond acceptors (Lipinski definition) is 2. The van der Waals surface area contributed by atoms with Gasteiger partial charge in [0, 0.05) is 7.97 Å². The van der Waals surface area contributed by atoms with Crippen LogP contribution in [0.3, 0.4) is 0 Å². The minimum Gasteiger partial charge on any atom is -0.351 e. The number of benzene rings is 1. The van der Waals surface area contributed by atoms with E-state index in [4.69, 9.17) is 0 Å². The molecule has 0 radical (unpaired) electrons. The van der Waals surface area contributed by atoms with Crippen LogP contribution in [0.25, 0.3) is 0 Å². The average molecular weight is 274 g/mol. The molecule has 1 amide bonds. The number of allylic oxidation sites excluding steroid dienone is 1. The largest absolute Gasteiger partial charge is 0.351 e. The number of carbonyl (C=O) groups excluding carboxylic acids is 1. The SMILES string of the molecule is C=C(C)Cc1ccc(CNC(=O)CN2CCCC2)cc1.[HH]. The lowest BCUT2D eigenvalue weighted by atomic mass is 10.1. The van der Waals surface area contributed by atoms with E-state index < -0.39 is 0 Å². The summed E-state index contributed by atoms with van der Waals surface area (Å²) in [6.07, 6.45) is 3.36. The van der Waals surface area contributed by atoms with Gasteiger partial charge in [0.2, 0.25) is 5.91 Å². The zero-order chi connectivity index (χ0) is 14.4. The van der Waals surface area contributed by atoms with E-state index in [-0.39, 0.29) is 7.33 Å². The van der Waals surface area contributed by atoms with E-state index in [0.717, 1.165) is 30.6 Å². The lowest BCUT2D eigenvalue weighted by Gasteiger charge is -2.14. The quantitative estimate of drug-likeness (QED) is 0.809. The molecule has 1 N–H and O–H groups in total. The molecule has 0 atom stereocenters. The van der Waals surface area contributed by atoms with Crippen LogP contribution in [0.1, 0.15) is 32.3 Å². The Balaban J connectivity index is 0.00000220. The van der Waals surface area contributed by atoms with Crippen molar-refractivity contribution in [1.29, 1.82) is 0 Å². The number of amides is 1. The van der Waals surface area contributed by atoms with Gasteiger partial charge in [-0.05, 0) is 50.4 Å². The van der Waals surface area contributed by atoms with E-state index >= 15 is 0 Å². The Hall–Kier alpha value is -1.61. The second-order valence-corrected chi connectivity index (χ2v) is 5.71. The summed E-state index contributed by atoms with van der Waals surface area (Å²) in [6, 6.07) is 8.37. The molecule has 0 aromatic heterocycles. The smallest absolute Gasteiger partial charge is 0.234 e. The lowest BCUT2D eigenvalue weighted by Crippen LogP contribution is -2.35. The van der Waals surface area contributed by atoms with E-state index in [1.54, 1.807) is 0 Å². The first-order valence-electron chi connectivity index (χ1n) is 7.35. The standard InChI is InChI=1S/C17H24N2O.H2/c1-14(2)11-15-5-7-16(8-6-15)12-18-17(20)13-19-9-3-4-10-19;/h5-8H,1,3-4,9-13H2,2H3,(H,18,20);1H. The van der Waals surface area contributed by atoms with Gasteiger partial charge in [-0.25, -0.2) is 0 Å². The van der Waals surface area contributed by atoms with E-state index in [1.165, 1.54) is 18.4 Å². The molecule has 1 aromatic rings. The first-order valence-corrected chi connectivity index (χ1v) is 7.35. The molecule has 1 aliphatic rings. The van der Waals surface area contributed by atoms with Crippen LogP contribution < -0.4 is 5.32 Å². The van der Waals surface area contributed by atoms with Crippen LogP contribution in [0.15, 0.2) is 36.4 Å². The highest BCUT2D eigenvalue weighted by Gasteiger charge is 2.14. The average Bonchev–Trinajstić information content (AvgIpc) is 2.90. The highest BCUT2D eigenvalue weighted by molar-refractivity contribution is 5.78. The highest BCUT2D eigenvalue weighted by Crippen LogP contribution is 2.09. The number of nitrogens with one attached hydrogen (secondary N) is 1. The van der Waals surface area contributed by atoms with Crippen molar-refractivity contribution in [2.75, 3.05) is 19.6 Å². The minimum atomic E-state index is 0. The molecule has 2 rings (SSSR count). The Bertz CT molecular complexity index is 464. The summed E-state index contributed by atoms with van der Waals surface area (Å²) in [6.45, 7) is 9.22. The van der Waals surface area contributed by atoms with Crippen molar-refractivity contribution in [3.05, 3.63) is 47.5 Å². The summed E-state index contributed by atoms with van der Waals surface area (Å²) in [5.41, 5.74) is 3.58. The van der Waals surface area contributed by atoms with Gasteiger partial charge in [-0.15, -0.1) is 0 Å². The molecule has 20 heavy (non-hydrogen) atoms. The summed E-state index contributed by atoms with van der Waals surface area (Å²) in [7, 11) is 0. The second kappa shape index (κ2) is 7.25. The molecule has 0 bridgehead atoms. The van der Waals surface area contributed by atoms with Crippen molar-refractivity contribution in [1.82, 2.24) is 10.2 Å². The number of nitrogens with zero attached hydrogens (tertiary/aromatic N) is 1. The Labute approximate surface area is 123 Å². The number of rotatable bonds is 6. The van der Waals surface area contributed by atoms with Gasteiger partial charge < -0.3 is 5.32 Å². The van der Waals surface area contributed by atoms with Crippen LogP contribution in [-0.4, -0.2) is 30.4 Å². The van der Waals surface area contributed by atoms with Crippen molar-refractivity contribution < 1.29 is 6.22 Å². The normalized spacial score (nSPS) is 15.2. The zero-order valence-electron chi connectivity index (χ0n) is 12.3. The van der Waals surface area contributed by atoms with Crippen LogP contribution in [-0.2, 0) is 17.8 Å². The topological polar surface area (TPSA) is 32.3 Å². The maximum atomic E-state index is 11.8. The summed E-state index contributed by atoms with van der Waals surface area (Å²) < 4.78 is 0. The van der Waals surface area contributed by atoms with Gasteiger partial charge in [0.15, 0.2) is 0 Å². The van der Waals surface area contributed by atoms with Crippen molar-refractivity contribution in [2.45, 2.75) is 32.7 Å². The number of likely N-dealkylation sites (tertiary alicyclic amines) is 1. The minimum absolute atomic E-state index is 0. The molecular formula is C17H26N2O. The van der Waals surface area contributed by atoms with Gasteiger partial charge in [0.1, 0.15) is 0 Å². The highest BCUT2D eigenvalue weighted by atomic mass is 16.2. The summed E-state index contributed by atoms with van der Waals surface area (Å²) in [5, 5.41) is 2.99. The van der Waals surface area contributed by atoms with Crippen LogP contribution in [0, 0.1) is 0 Å². The predicted octanol–water partition coefficient (Wildman–Crippen LogP) is 2.76. The van der Waals surface area contributed by atoms with E-state index in [1.807, 2.05) is 6.92 Å². The fourth-order valence-electron chi connectivity index (χ4n) is 2.52. The van der Waals surface area contributed by atoms with Gasteiger partial charge in [0.05, 0.1) is 6.54 Å². The molecule has 0 aliphatic carbocycles. The van der Waals surface area contributed by atoms with Crippen molar-refractivity contribution in [3.63, 3.8) is 0 Å². The van der Waals surface area contributed by atoms with Gasteiger partial charge in [-0.3, -0.25) is 9.69 Å². The third-order valence-corrected chi connectivity index (χ3v) is 3.58. The molecule has 0 spiro atoms.